The van der Waals surface area contributed by atoms with Crippen molar-refractivity contribution in [3.8, 4) is 22.8 Å². The van der Waals surface area contributed by atoms with Crippen LogP contribution >= 0.6 is 11.3 Å². The summed E-state index contributed by atoms with van der Waals surface area (Å²) in [5.41, 5.74) is 2.87. The number of benzene rings is 1. The van der Waals surface area contributed by atoms with Crippen LogP contribution in [0.5, 0.6) is 11.5 Å². The molecule has 3 heterocycles. The number of anilines is 1. The Morgan fingerprint density at radius 3 is 2.56 bits per heavy atom. The van der Waals surface area contributed by atoms with Crippen LogP contribution in [0.2, 0.25) is 0 Å². The molecule has 0 spiro atoms. The van der Waals surface area contributed by atoms with Gasteiger partial charge in [0, 0.05) is 21.4 Å². The number of rotatable bonds is 7. The molecule has 1 N–H and O–H groups in total. The number of esters is 1. The lowest BCUT2D eigenvalue weighted by molar-refractivity contribution is -0.119. The second-order valence-corrected chi connectivity index (χ2v) is 8.98. The molecule has 0 aliphatic rings. The minimum atomic E-state index is -0.679. The molecule has 1 aromatic carbocycles. The fraction of sp³-hybridized carbons (Fsp3) is 0.250. The number of carbonyl (C=O) groups is 2. The van der Waals surface area contributed by atoms with Crippen molar-refractivity contribution >= 4 is 40.0 Å². The van der Waals surface area contributed by atoms with Crippen LogP contribution < -0.4 is 14.8 Å². The molecule has 176 valence electrons. The van der Waals surface area contributed by atoms with Gasteiger partial charge >= 0.3 is 5.97 Å². The number of amides is 1. The average Bonchev–Trinajstić information content (AvgIpc) is 3.37. The van der Waals surface area contributed by atoms with Gasteiger partial charge in [0.1, 0.15) is 11.5 Å². The molecule has 10 heteroatoms. The summed E-state index contributed by atoms with van der Waals surface area (Å²) in [6, 6.07) is 8.61. The summed E-state index contributed by atoms with van der Waals surface area (Å²) in [7, 11) is 3.01. The zero-order valence-electron chi connectivity index (χ0n) is 19.3. The van der Waals surface area contributed by atoms with Gasteiger partial charge in [0.05, 0.1) is 42.2 Å². The summed E-state index contributed by atoms with van der Waals surface area (Å²) in [5.74, 6) is -0.199. The van der Waals surface area contributed by atoms with Crippen molar-refractivity contribution in [2.45, 2.75) is 20.8 Å². The minimum Gasteiger partial charge on any atom is -0.497 e. The summed E-state index contributed by atoms with van der Waals surface area (Å²) >= 11 is 1.64. The zero-order valence-corrected chi connectivity index (χ0v) is 20.2. The number of pyridine rings is 1. The maximum Gasteiger partial charge on any atom is 0.339 e. The van der Waals surface area contributed by atoms with Crippen molar-refractivity contribution in [3.05, 3.63) is 51.3 Å². The third kappa shape index (κ3) is 4.58. The smallest absolute Gasteiger partial charge is 0.339 e. The Morgan fingerprint density at radius 2 is 1.88 bits per heavy atom. The molecule has 4 rings (SSSR count). The molecular formula is C24H23N3O6S. The molecule has 9 nitrogen and oxygen atoms in total. The first-order valence-electron chi connectivity index (χ1n) is 10.3. The lowest BCUT2D eigenvalue weighted by Crippen LogP contribution is -2.21. The number of thiophene rings is 1. The second-order valence-electron chi connectivity index (χ2n) is 7.52. The number of aryl methyl sites for hydroxylation is 3. The van der Waals surface area contributed by atoms with Crippen LogP contribution in [0.4, 0.5) is 5.69 Å². The van der Waals surface area contributed by atoms with Gasteiger partial charge in [-0.25, -0.2) is 9.78 Å². The summed E-state index contributed by atoms with van der Waals surface area (Å²) in [6.45, 7) is 5.21. The molecule has 0 radical (unpaired) electrons. The Bertz CT molecular complexity index is 1390. The second kappa shape index (κ2) is 9.52. The van der Waals surface area contributed by atoms with E-state index in [4.69, 9.17) is 18.7 Å². The van der Waals surface area contributed by atoms with Crippen LogP contribution in [0.15, 0.2) is 34.9 Å². The van der Waals surface area contributed by atoms with E-state index in [1.165, 1.54) is 14.2 Å². The standard InChI is InChI=1S/C24H23N3O6S/c1-12-8-16(14(3)34-12)19-10-17(22-13(2)27-33-23(22)26-19)24(29)32-11-21(28)25-18-7-6-15(30-4)9-20(18)31-5/h6-10H,11H2,1-5H3,(H,25,28). The van der Waals surface area contributed by atoms with E-state index in [1.54, 1.807) is 42.5 Å². The van der Waals surface area contributed by atoms with Crippen LogP contribution in [-0.2, 0) is 9.53 Å². The molecule has 0 aliphatic carbocycles. The molecule has 3 aromatic heterocycles. The van der Waals surface area contributed by atoms with Crippen molar-refractivity contribution in [1.29, 1.82) is 0 Å². The third-order valence-corrected chi connectivity index (χ3v) is 6.14. The molecule has 0 saturated heterocycles. The summed E-state index contributed by atoms with van der Waals surface area (Å²) in [4.78, 5) is 32.2. The molecule has 0 atom stereocenters. The number of nitrogens with zero attached hydrogens (tertiary/aromatic N) is 2. The van der Waals surface area contributed by atoms with Crippen LogP contribution in [0.3, 0.4) is 0 Å². The predicted molar refractivity (Wildman–Crippen MR) is 128 cm³/mol. The van der Waals surface area contributed by atoms with Gasteiger partial charge in [0.15, 0.2) is 6.61 Å². The first kappa shape index (κ1) is 23.2. The Balaban J connectivity index is 1.55. The van der Waals surface area contributed by atoms with Crippen LogP contribution in [0.25, 0.3) is 22.4 Å². The van der Waals surface area contributed by atoms with E-state index in [9.17, 15) is 9.59 Å². The Kier molecular flexibility index (Phi) is 6.51. The fourth-order valence-corrected chi connectivity index (χ4v) is 4.51. The van der Waals surface area contributed by atoms with Crippen molar-refractivity contribution < 1.29 is 28.3 Å². The maximum atomic E-state index is 13.0. The van der Waals surface area contributed by atoms with Crippen molar-refractivity contribution in [1.82, 2.24) is 10.1 Å². The van der Waals surface area contributed by atoms with E-state index >= 15 is 0 Å². The quantitative estimate of drug-likeness (QED) is 0.378. The molecule has 0 aliphatic heterocycles. The van der Waals surface area contributed by atoms with E-state index in [-0.39, 0.29) is 11.3 Å². The first-order valence-corrected chi connectivity index (χ1v) is 11.2. The predicted octanol–water partition coefficient (Wildman–Crippen LogP) is 4.69. The number of nitrogens with one attached hydrogen (secondary N) is 1. The van der Waals surface area contributed by atoms with Crippen molar-refractivity contribution in [2.24, 2.45) is 0 Å². The zero-order chi connectivity index (χ0) is 24.4. The van der Waals surface area contributed by atoms with Crippen LogP contribution in [-0.4, -0.2) is 42.8 Å². The highest BCUT2D eigenvalue weighted by Gasteiger charge is 2.22. The average molecular weight is 482 g/mol. The SMILES string of the molecule is COc1ccc(NC(=O)COC(=O)c2cc(-c3cc(C)sc3C)nc3onc(C)c23)c(OC)c1. The highest BCUT2D eigenvalue weighted by atomic mass is 32.1. The number of hydrogen-bond donors (Lipinski definition) is 1. The number of fused-ring (bicyclic) bond motifs is 1. The van der Waals surface area contributed by atoms with E-state index in [0.29, 0.717) is 34.0 Å². The fourth-order valence-electron chi connectivity index (χ4n) is 3.58. The Labute approximate surface area is 199 Å². The number of hydrogen-bond acceptors (Lipinski definition) is 9. The molecule has 0 unspecified atom stereocenters. The van der Waals surface area contributed by atoms with Gasteiger partial charge in [-0.05, 0) is 45.0 Å². The molecule has 0 bridgehead atoms. The normalized spacial score (nSPS) is 10.9. The lowest BCUT2D eigenvalue weighted by atomic mass is 10.1. The Hall–Kier alpha value is -3.92. The summed E-state index contributed by atoms with van der Waals surface area (Å²) < 4.78 is 21.1. The van der Waals surface area contributed by atoms with Gasteiger partial charge < -0.3 is 24.1 Å². The molecule has 0 fully saturated rings. The van der Waals surface area contributed by atoms with Gasteiger partial charge in [0.2, 0.25) is 0 Å². The molecule has 34 heavy (non-hydrogen) atoms. The minimum absolute atomic E-state index is 0.233. The van der Waals surface area contributed by atoms with Crippen molar-refractivity contribution in [3.63, 3.8) is 0 Å². The van der Waals surface area contributed by atoms with Gasteiger partial charge in [-0.2, -0.15) is 0 Å². The van der Waals surface area contributed by atoms with E-state index in [0.717, 1.165) is 15.3 Å². The maximum absolute atomic E-state index is 13.0. The first-order chi connectivity index (χ1) is 16.3. The van der Waals surface area contributed by atoms with Crippen LogP contribution in [0, 0.1) is 20.8 Å². The van der Waals surface area contributed by atoms with E-state index < -0.39 is 18.5 Å². The van der Waals surface area contributed by atoms with Gasteiger partial charge in [-0.15, -0.1) is 11.3 Å². The number of carbonyl (C=O) groups excluding carboxylic acids is 2. The number of aromatic nitrogens is 2. The van der Waals surface area contributed by atoms with Crippen molar-refractivity contribution in [2.75, 3.05) is 26.1 Å². The highest BCUT2D eigenvalue weighted by Crippen LogP contribution is 2.33. The summed E-state index contributed by atoms with van der Waals surface area (Å²) in [5, 5.41) is 7.07. The Morgan fingerprint density at radius 1 is 1.09 bits per heavy atom. The van der Waals surface area contributed by atoms with Crippen LogP contribution in [0.1, 0.15) is 25.8 Å². The molecule has 4 aromatic rings. The topological polar surface area (TPSA) is 113 Å². The molecule has 0 saturated carbocycles. The molecular weight excluding hydrogens is 458 g/mol. The van der Waals surface area contributed by atoms with Gasteiger partial charge in [0.25, 0.3) is 11.6 Å². The summed E-state index contributed by atoms with van der Waals surface area (Å²) in [6.07, 6.45) is 0. The monoisotopic (exact) mass is 481 g/mol. The number of methoxy groups -OCH3 is 2. The van der Waals surface area contributed by atoms with E-state index in [2.05, 4.69) is 15.5 Å². The molecule has 1 amide bonds. The lowest BCUT2D eigenvalue weighted by Gasteiger charge is -2.12. The third-order valence-electron chi connectivity index (χ3n) is 5.17. The van der Waals surface area contributed by atoms with Gasteiger partial charge in [-0.1, -0.05) is 5.16 Å². The van der Waals surface area contributed by atoms with E-state index in [1.807, 2.05) is 19.9 Å². The largest absolute Gasteiger partial charge is 0.497 e. The highest BCUT2D eigenvalue weighted by molar-refractivity contribution is 7.12. The van der Waals surface area contributed by atoms with Gasteiger partial charge in [-0.3, -0.25) is 4.79 Å². The number of ether oxygens (including phenoxy) is 3.